The Hall–Kier alpha value is -0.120. The van der Waals surface area contributed by atoms with Gasteiger partial charge in [0, 0.05) is 30.1 Å². The Balaban J connectivity index is 1.86. The molecule has 2 fully saturated rings. The molecule has 3 atom stereocenters. The van der Waals surface area contributed by atoms with Gasteiger partial charge in [-0.05, 0) is 40.5 Å². The zero-order valence-corrected chi connectivity index (χ0v) is 12.0. The molecule has 0 aromatic carbocycles. The average Bonchev–Trinajstić information content (AvgIpc) is 2.77. The van der Waals surface area contributed by atoms with Crippen molar-refractivity contribution in [3.05, 3.63) is 0 Å². The summed E-state index contributed by atoms with van der Waals surface area (Å²) in [6.07, 6.45) is 2.61. The number of ether oxygens (including phenoxy) is 2. The lowest BCUT2D eigenvalue weighted by Gasteiger charge is -2.37. The number of likely N-dealkylation sites (tertiary alicyclic amines) is 1. The predicted octanol–water partition coefficient (Wildman–Crippen LogP) is 2.30. The molecular weight excluding hydrogens is 214 g/mol. The fourth-order valence-corrected chi connectivity index (χ4v) is 3.69. The molecule has 2 aliphatic rings. The van der Waals surface area contributed by atoms with Gasteiger partial charge >= 0.3 is 0 Å². The van der Waals surface area contributed by atoms with Gasteiger partial charge in [-0.25, -0.2) is 0 Å². The van der Waals surface area contributed by atoms with Crippen LogP contribution in [0.3, 0.4) is 0 Å². The maximum absolute atomic E-state index is 5.76. The SMILES string of the molecule is COCCOC[C@@]12C[C@@H](C)N(C(C)(C)C)[C@@H]1C2. The number of methoxy groups -OCH3 is 1. The third-order valence-corrected chi connectivity index (χ3v) is 4.26. The van der Waals surface area contributed by atoms with Gasteiger partial charge in [0.05, 0.1) is 19.8 Å². The lowest BCUT2D eigenvalue weighted by Crippen LogP contribution is -2.45. The molecule has 0 bridgehead atoms. The van der Waals surface area contributed by atoms with Crippen LogP contribution in [0.1, 0.15) is 40.5 Å². The summed E-state index contributed by atoms with van der Waals surface area (Å²) in [5, 5.41) is 0. The Bertz CT molecular complexity index is 274. The first-order chi connectivity index (χ1) is 7.91. The van der Waals surface area contributed by atoms with Crippen molar-refractivity contribution in [1.29, 1.82) is 0 Å². The van der Waals surface area contributed by atoms with Crippen LogP contribution in [0.5, 0.6) is 0 Å². The Morgan fingerprint density at radius 3 is 2.47 bits per heavy atom. The van der Waals surface area contributed by atoms with Crippen molar-refractivity contribution in [2.45, 2.75) is 58.2 Å². The van der Waals surface area contributed by atoms with Crippen LogP contribution >= 0.6 is 0 Å². The van der Waals surface area contributed by atoms with Gasteiger partial charge in [0.1, 0.15) is 0 Å². The quantitative estimate of drug-likeness (QED) is 0.689. The van der Waals surface area contributed by atoms with Crippen molar-refractivity contribution < 1.29 is 9.47 Å². The van der Waals surface area contributed by atoms with Gasteiger partial charge in [0.2, 0.25) is 0 Å². The van der Waals surface area contributed by atoms with E-state index < -0.39 is 0 Å². The van der Waals surface area contributed by atoms with Crippen molar-refractivity contribution in [1.82, 2.24) is 4.90 Å². The molecule has 1 saturated carbocycles. The minimum atomic E-state index is 0.287. The van der Waals surface area contributed by atoms with Gasteiger partial charge in [-0.1, -0.05) is 0 Å². The van der Waals surface area contributed by atoms with Gasteiger partial charge in [-0.15, -0.1) is 0 Å². The smallest absolute Gasteiger partial charge is 0.0700 e. The van der Waals surface area contributed by atoms with Crippen LogP contribution < -0.4 is 0 Å². The van der Waals surface area contributed by atoms with Crippen molar-refractivity contribution in [3.8, 4) is 0 Å². The number of hydrogen-bond acceptors (Lipinski definition) is 3. The molecule has 1 aliphatic carbocycles. The van der Waals surface area contributed by atoms with E-state index in [0.717, 1.165) is 19.3 Å². The van der Waals surface area contributed by atoms with Crippen LogP contribution in [0, 0.1) is 5.41 Å². The zero-order valence-electron chi connectivity index (χ0n) is 12.0. The second-order valence-electron chi connectivity index (χ2n) is 6.76. The summed E-state index contributed by atoms with van der Waals surface area (Å²) in [6.45, 7) is 11.7. The van der Waals surface area contributed by atoms with Crippen LogP contribution in [0.4, 0.5) is 0 Å². The third kappa shape index (κ3) is 2.51. The predicted molar refractivity (Wildman–Crippen MR) is 69.2 cm³/mol. The Kier molecular flexibility index (Phi) is 3.54. The topological polar surface area (TPSA) is 21.7 Å². The molecule has 17 heavy (non-hydrogen) atoms. The van der Waals surface area contributed by atoms with E-state index in [-0.39, 0.29) is 5.54 Å². The molecule has 1 aliphatic heterocycles. The summed E-state index contributed by atoms with van der Waals surface area (Å²) in [4.78, 5) is 2.69. The second-order valence-corrected chi connectivity index (χ2v) is 6.76. The van der Waals surface area contributed by atoms with Crippen LogP contribution in [0.25, 0.3) is 0 Å². The van der Waals surface area contributed by atoms with E-state index in [1.54, 1.807) is 7.11 Å². The number of rotatable bonds is 5. The molecule has 0 aromatic heterocycles. The molecule has 0 aromatic rings. The summed E-state index contributed by atoms with van der Waals surface area (Å²) < 4.78 is 10.8. The molecule has 0 radical (unpaired) electrons. The molecule has 0 spiro atoms. The molecular formula is C14H27NO2. The van der Waals surface area contributed by atoms with E-state index in [0.29, 0.717) is 18.1 Å². The zero-order chi connectivity index (χ0) is 12.7. The van der Waals surface area contributed by atoms with Crippen LogP contribution in [-0.4, -0.2) is 49.5 Å². The van der Waals surface area contributed by atoms with Gasteiger partial charge < -0.3 is 9.47 Å². The first-order valence-corrected chi connectivity index (χ1v) is 6.76. The molecule has 2 rings (SSSR count). The van der Waals surface area contributed by atoms with E-state index >= 15 is 0 Å². The maximum atomic E-state index is 5.76. The van der Waals surface area contributed by atoms with Crippen molar-refractivity contribution in [2.24, 2.45) is 5.41 Å². The first kappa shape index (κ1) is 13.3. The molecule has 3 heteroatoms. The van der Waals surface area contributed by atoms with Gasteiger partial charge in [-0.2, -0.15) is 0 Å². The molecule has 0 N–H and O–H groups in total. The molecule has 0 amide bonds. The first-order valence-electron chi connectivity index (χ1n) is 6.76. The number of hydrogen-bond donors (Lipinski definition) is 0. The molecule has 3 nitrogen and oxygen atoms in total. The Morgan fingerprint density at radius 1 is 1.24 bits per heavy atom. The van der Waals surface area contributed by atoms with E-state index in [2.05, 4.69) is 32.6 Å². The summed E-state index contributed by atoms with van der Waals surface area (Å²) in [7, 11) is 1.72. The van der Waals surface area contributed by atoms with Crippen LogP contribution in [-0.2, 0) is 9.47 Å². The van der Waals surface area contributed by atoms with Crippen molar-refractivity contribution >= 4 is 0 Å². The normalized spacial score (nSPS) is 37.2. The Labute approximate surface area is 105 Å². The van der Waals surface area contributed by atoms with E-state index in [1.807, 2.05) is 0 Å². The molecule has 100 valence electrons. The highest BCUT2D eigenvalue weighted by Crippen LogP contribution is 2.61. The lowest BCUT2D eigenvalue weighted by atomic mass is 10.0. The van der Waals surface area contributed by atoms with E-state index in [1.165, 1.54) is 12.8 Å². The van der Waals surface area contributed by atoms with Crippen molar-refractivity contribution in [3.63, 3.8) is 0 Å². The van der Waals surface area contributed by atoms with Gasteiger partial charge in [0.25, 0.3) is 0 Å². The highest BCUT2D eigenvalue weighted by atomic mass is 16.5. The van der Waals surface area contributed by atoms with Crippen LogP contribution in [0.15, 0.2) is 0 Å². The lowest BCUT2D eigenvalue weighted by molar-refractivity contribution is 0.0444. The largest absolute Gasteiger partial charge is 0.382 e. The summed E-state index contributed by atoms with van der Waals surface area (Å²) in [5.74, 6) is 0. The standard InChI is InChI=1S/C14H27NO2/c1-11-8-14(10-17-7-6-16-5)9-12(14)15(11)13(2,3)4/h11-12H,6-10H2,1-5H3/t11-,12-,14+/m1/s1. The Morgan fingerprint density at radius 2 is 1.94 bits per heavy atom. The molecule has 0 unspecified atom stereocenters. The number of piperidine rings is 1. The van der Waals surface area contributed by atoms with Gasteiger partial charge in [-0.3, -0.25) is 4.90 Å². The monoisotopic (exact) mass is 241 g/mol. The summed E-state index contributed by atoms with van der Waals surface area (Å²) >= 11 is 0. The highest BCUT2D eigenvalue weighted by Gasteiger charge is 2.65. The third-order valence-electron chi connectivity index (χ3n) is 4.26. The number of fused-ring (bicyclic) bond motifs is 1. The molecule has 1 saturated heterocycles. The van der Waals surface area contributed by atoms with Crippen LogP contribution in [0.2, 0.25) is 0 Å². The van der Waals surface area contributed by atoms with Crippen molar-refractivity contribution in [2.75, 3.05) is 26.9 Å². The maximum Gasteiger partial charge on any atom is 0.0700 e. The minimum Gasteiger partial charge on any atom is -0.382 e. The fourth-order valence-electron chi connectivity index (χ4n) is 3.69. The summed E-state index contributed by atoms with van der Waals surface area (Å²) in [6, 6.07) is 1.44. The average molecular weight is 241 g/mol. The minimum absolute atomic E-state index is 0.287. The summed E-state index contributed by atoms with van der Waals surface area (Å²) in [5.41, 5.74) is 0.745. The fraction of sp³-hybridized carbons (Fsp3) is 1.00. The molecule has 1 heterocycles. The van der Waals surface area contributed by atoms with E-state index in [4.69, 9.17) is 9.47 Å². The number of nitrogens with zero attached hydrogens (tertiary/aromatic N) is 1. The second kappa shape index (κ2) is 4.52. The van der Waals surface area contributed by atoms with E-state index in [9.17, 15) is 0 Å². The highest BCUT2D eigenvalue weighted by molar-refractivity contribution is 5.18. The van der Waals surface area contributed by atoms with Gasteiger partial charge in [0.15, 0.2) is 0 Å².